The molecule has 9 heteroatoms. The third-order valence-electron chi connectivity index (χ3n) is 7.13. The minimum absolute atomic E-state index is 0.0719. The van der Waals surface area contributed by atoms with Gasteiger partial charge >= 0.3 is 0 Å². The minimum atomic E-state index is -3.52. The predicted octanol–water partition coefficient (Wildman–Crippen LogP) is 3.82. The number of nitrogens with zero attached hydrogens (tertiary/aromatic N) is 5. The number of anilines is 1. The average molecular weight is 494 g/mol. The summed E-state index contributed by atoms with van der Waals surface area (Å²) in [7, 11) is -3.52. The van der Waals surface area contributed by atoms with Crippen LogP contribution in [0.2, 0.25) is 0 Å². The number of pyridine rings is 1. The Bertz CT molecular complexity index is 1420. The molecule has 2 aliphatic heterocycles. The molecule has 2 aromatic carbocycles. The van der Waals surface area contributed by atoms with Gasteiger partial charge in [0.1, 0.15) is 5.82 Å². The van der Waals surface area contributed by atoms with Crippen LogP contribution >= 0.6 is 11.5 Å². The van der Waals surface area contributed by atoms with Crippen LogP contribution in [0.5, 0.6) is 0 Å². The standard InChI is InChI=1S/C25H27N5O2S2/c31-34(32,24-7-3-4-19-18-26-11-8-21(19)24)30-13-10-20(30)9-12-28-14-16-29(17-15-28)25-22-5-1-2-6-23(22)33-27-25/h1-8,11,18,20H,9-10,12-17H2/t20-/m0/s1. The second kappa shape index (κ2) is 8.88. The molecule has 0 amide bonds. The van der Waals surface area contributed by atoms with E-state index in [2.05, 4.69) is 39.0 Å². The van der Waals surface area contributed by atoms with E-state index >= 15 is 0 Å². The van der Waals surface area contributed by atoms with E-state index < -0.39 is 10.0 Å². The third-order valence-corrected chi connectivity index (χ3v) is 9.95. The lowest BCUT2D eigenvalue weighted by molar-refractivity contribution is 0.157. The Balaban J connectivity index is 1.08. The number of aromatic nitrogens is 2. The maximum Gasteiger partial charge on any atom is 0.243 e. The number of sulfonamides is 1. The summed E-state index contributed by atoms with van der Waals surface area (Å²) in [5, 5.41) is 2.83. The average Bonchev–Trinajstić information content (AvgIpc) is 3.27. The van der Waals surface area contributed by atoms with E-state index in [4.69, 9.17) is 4.37 Å². The van der Waals surface area contributed by atoms with Crippen molar-refractivity contribution in [2.45, 2.75) is 23.8 Å². The zero-order chi connectivity index (χ0) is 23.1. The molecular formula is C25H27N5O2S2. The first-order chi connectivity index (χ1) is 16.6. The van der Waals surface area contributed by atoms with E-state index in [0.29, 0.717) is 11.4 Å². The molecule has 2 saturated heterocycles. The zero-order valence-electron chi connectivity index (χ0n) is 18.9. The van der Waals surface area contributed by atoms with Gasteiger partial charge in [0, 0.05) is 67.3 Å². The minimum Gasteiger partial charge on any atom is -0.353 e. The van der Waals surface area contributed by atoms with E-state index in [-0.39, 0.29) is 6.04 Å². The molecule has 2 fully saturated rings. The molecule has 7 nitrogen and oxygen atoms in total. The van der Waals surface area contributed by atoms with Crippen LogP contribution in [0.3, 0.4) is 0 Å². The summed E-state index contributed by atoms with van der Waals surface area (Å²) in [6, 6.07) is 15.7. The van der Waals surface area contributed by atoms with Crippen LogP contribution < -0.4 is 4.90 Å². The molecule has 34 heavy (non-hydrogen) atoms. The van der Waals surface area contributed by atoms with E-state index in [1.54, 1.807) is 46.4 Å². The molecule has 176 valence electrons. The van der Waals surface area contributed by atoms with Crippen LogP contribution in [0.4, 0.5) is 5.82 Å². The smallest absolute Gasteiger partial charge is 0.243 e. The Morgan fingerprint density at radius 1 is 0.941 bits per heavy atom. The van der Waals surface area contributed by atoms with Crippen molar-refractivity contribution in [3.8, 4) is 0 Å². The van der Waals surface area contributed by atoms with Gasteiger partial charge in [-0.15, -0.1) is 0 Å². The first-order valence-electron chi connectivity index (χ1n) is 11.8. The molecule has 6 rings (SSSR count). The van der Waals surface area contributed by atoms with E-state index in [0.717, 1.165) is 62.2 Å². The maximum atomic E-state index is 13.5. The number of benzene rings is 2. The molecule has 0 aliphatic carbocycles. The van der Waals surface area contributed by atoms with Crippen molar-refractivity contribution >= 4 is 48.2 Å². The summed E-state index contributed by atoms with van der Waals surface area (Å²) in [5.74, 6) is 1.10. The highest BCUT2D eigenvalue weighted by Gasteiger charge is 2.39. The Kier molecular flexibility index (Phi) is 5.73. The third kappa shape index (κ3) is 3.86. The van der Waals surface area contributed by atoms with Gasteiger partial charge in [0.2, 0.25) is 10.0 Å². The number of hydrogen-bond donors (Lipinski definition) is 0. The van der Waals surface area contributed by atoms with Crippen LogP contribution in [-0.2, 0) is 10.0 Å². The van der Waals surface area contributed by atoms with E-state index in [1.165, 1.54) is 10.1 Å². The molecule has 0 unspecified atom stereocenters. The van der Waals surface area contributed by atoms with Gasteiger partial charge in [-0.25, -0.2) is 8.42 Å². The SMILES string of the molecule is O=S(=O)(c1cccc2cnccc12)N1CC[C@@H]1CCN1CCN(c2nsc3ccccc23)CC1. The van der Waals surface area contributed by atoms with Gasteiger partial charge in [-0.2, -0.15) is 8.68 Å². The van der Waals surface area contributed by atoms with Crippen molar-refractivity contribution in [3.05, 3.63) is 60.9 Å². The fourth-order valence-corrected chi connectivity index (χ4v) is 7.79. The van der Waals surface area contributed by atoms with Crippen molar-refractivity contribution < 1.29 is 8.42 Å². The lowest BCUT2D eigenvalue weighted by Gasteiger charge is -2.42. The molecule has 0 radical (unpaired) electrons. The van der Waals surface area contributed by atoms with Gasteiger partial charge in [0.15, 0.2) is 0 Å². The molecule has 0 N–H and O–H groups in total. The van der Waals surface area contributed by atoms with Crippen molar-refractivity contribution in [3.63, 3.8) is 0 Å². The fraction of sp³-hybridized carbons (Fsp3) is 0.360. The van der Waals surface area contributed by atoms with E-state index in [1.807, 2.05) is 6.07 Å². The molecule has 1 atom stereocenters. The van der Waals surface area contributed by atoms with Crippen molar-refractivity contribution in [2.75, 3.05) is 44.2 Å². The highest BCUT2D eigenvalue weighted by Crippen LogP contribution is 2.33. The van der Waals surface area contributed by atoms with Gasteiger partial charge in [-0.05, 0) is 55.2 Å². The topological polar surface area (TPSA) is 69.6 Å². The largest absolute Gasteiger partial charge is 0.353 e. The summed E-state index contributed by atoms with van der Waals surface area (Å²) in [6.45, 7) is 5.36. The molecule has 4 aromatic rings. The Morgan fingerprint density at radius 3 is 2.62 bits per heavy atom. The normalized spacial score (nSPS) is 20.1. The fourth-order valence-electron chi connectivity index (χ4n) is 5.08. The Hall–Kier alpha value is -2.59. The zero-order valence-corrected chi connectivity index (χ0v) is 20.5. The van der Waals surface area contributed by atoms with Crippen molar-refractivity contribution in [2.24, 2.45) is 0 Å². The van der Waals surface area contributed by atoms with Crippen molar-refractivity contribution in [1.29, 1.82) is 0 Å². The van der Waals surface area contributed by atoms with Gasteiger partial charge in [-0.3, -0.25) is 9.88 Å². The first kappa shape index (κ1) is 21.9. The van der Waals surface area contributed by atoms with Gasteiger partial charge < -0.3 is 4.90 Å². The summed E-state index contributed by atoms with van der Waals surface area (Å²) >= 11 is 1.56. The van der Waals surface area contributed by atoms with Crippen molar-refractivity contribution in [1.82, 2.24) is 18.6 Å². The number of rotatable bonds is 6. The molecular weight excluding hydrogens is 466 g/mol. The van der Waals surface area contributed by atoms with Gasteiger partial charge in [0.25, 0.3) is 0 Å². The van der Waals surface area contributed by atoms with Crippen LogP contribution in [0.1, 0.15) is 12.8 Å². The number of piperazine rings is 1. The lowest BCUT2D eigenvalue weighted by Crippen LogP contribution is -2.53. The number of fused-ring (bicyclic) bond motifs is 2. The Morgan fingerprint density at radius 2 is 1.79 bits per heavy atom. The maximum absolute atomic E-state index is 13.5. The van der Waals surface area contributed by atoms with Crippen LogP contribution in [0, 0.1) is 0 Å². The summed E-state index contributed by atoms with van der Waals surface area (Å²) in [5.41, 5.74) is 0. The second-order valence-electron chi connectivity index (χ2n) is 9.03. The molecule has 0 bridgehead atoms. The molecule has 2 aromatic heterocycles. The van der Waals surface area contributed by atoms with Gasteiger partial charge in [-0.1, -0.05) is 24.3 Å². The van der Waals surface area contributed by atoms with E-state index in [9.17, 15) is 8.42 Å². The molecule has 0 spiro atoms. The van der Waals surface area contributed by atoms with Crippen LogP contribution in [-0.4, -0.2) is 72.3 Å². The second-order valence-corrected chi connectivity index (χ2v) is 11.7. The summed E-state index contributed by atoms with van der Waals surface area (Å²) in [4.78, 5) is 9.35. The van der Waals surface area contributed by atoms with Gasteiger partial charge in [0.05, 0.1) is 9.60 Å². The quantitative estimate of drug-likeness (QED) is 0.407. The molecule has 4 heterocycles. The predicted molar refractivity (Wildman–Crippen MR) is 137 cm³/mol. The highest BCUT2D eigenvalue weighted by atomic mass is 32.2. The number of hydrogen-bond acceptors (Lipinski definition) is 7. The van der Waals surface area contributed by atoms with Crippen LogP contribution in [0.25, 0.3) is 20.9 Å². The monoisotopic (exact) mass is 493 g/mol. The molecule has 2 aliphatic rings. The molecule has 0 saturated carbocycles. The first-order valence-corrected chi connectivity index (χ1v) is 14.0. The van der Waals surface area contributed by atoms with Crippen LogP contribution in [0.15, 0.2) is 65.8 Å². The summed E-state index contributed by atoms with van der Waals surface area (Å²) < 4.78 is 34.5. The lowest BCUT2D eigenvalue weighted by atomic mass is 10.0. The summed E-state index contributed by atoms with van der Waals surface area (Å²) in [6.07, 6.45) is 5.17. The Labute approximate surface area is 203 Å². The highest BCUT2D eigenvalue weighted by molar-refractivity contribution is 7.89.